The minimum absolute atomic E-state index is 0.00883. The smallest absolute Gasteiger partial charge is 0.415 e. The molecule has 1 atom stereocenters. The lowest BCUT2D eigenvalue weighted by Gasteiger charge is -2.23. The summed E-state index contributed by atoms with van der Waals surface area (Å²) in [5, 5.41) is 2.36. The lowest BCUT2D eigenvalue weighted by molar-refractivity contribution is -0.127. The molecule has 2 aliphatic rings. The molecule has 0 aliphatic carbocycles. The molecule has 2 amide bonds. The molecule has 0 saturated carbocycles. The van der Waals surface area contributed by atoms with Crippen LogP contribution in [0.2, 0.25) is 0 Å². The third kappa shape index (κ3) is 3.51. The lowest BCUT2D eigenvalue weighted by Crippen LogP contribution is -2.35. The summed E-state index contributed by atoms with van der Waals surface area (Å²) in [6, 6.07) is 2.16. The fourth-order valence-corrected chi connectivity index (χ4v) is 4.47. The van der Waals surface area contributed by atoms with Crippen LogP contribution in [0.3, 0.4) is 0 Å². The van der Waals surface area contributed by atoms with E-state index in [4.69, 9.17) is 4.74 Å². The van der Waals surface area contributed by atoms with E-state index in [0.29, 0.717) is 24.3 Å². The maximum Gasteiger partial charge on any atom is 0.415 e. The summed E-state index contributed by atoms with van der Waals surface area (Å²) in [5.74, 6) is -1.44. The number of rotatable bonds is 3. The highest BCUT2D eigenvalue weighted by atomic mass is 32.2. The third-order valence-corrected chi connectivity index (χ3v) is 5.90. The summed E-state index contributed by atoms with van der Waals surface area (Å²) < 4.78 is 45.4. The van der Waals surface area contributed by atoms with Crippen molar-refractivity contribution in [1.82, 2.24) is 5.32 Å². The molecule has 136 valence electrons. The Labute approximate surface area is 146 Å². The Kier molecular flexibility index (Phi) is 5.03. The van der Waals surface area contributed by atoms with Crippen LogP contribution < -0.4 is 10.2 Å². The summed E-state index contributed by atoms with van der Waals surface area (Å²) in [5.41, 5.74) is -0.0228. The fourth-order valence-electron chi connectivity index (χ4n) is 3.17. The Hall–Kier alpha value is -2.03. The maximum atomic E-state index is 14.5. The quantitative estimate of drug-likeness (QED) is 0.876. The molecule has 1 N–H and O–H groups in total. The van der Waals surface area contributed by atoms with Crippen LogP contribution in [0.5, 0.6) is 0 Å². The van der Waals surface area contributed by atoms with Crippen molar-refractivity contribution in [2.24, 2.45) is 0 Å². The minimum atomic E-state index is -1.02. The van der Waals surface area contributed by atoms with Gasteiger partial charge in [-0.2, -0.15) is 0 Å². The maximum absolute atomic E-state index is 14.5. The molecule has 25 heavy (non-hydrogen) atoms. The first kappa shape index (κ1) is 17.8. The van der Waals surface area contributed by atoms with Crippen LogP contribution in [0.4, 0.5) is 19.3 Å². The molecule has 2 saturated heterocycles. The van der Waals surface area contributed by atoms with E-state index < -0.39 is 40.5 Å². The molecule has 1 unspecified atom stereocenters. The van der Waals surface area contributed by atoms with Gasteiger partial charge in [-0.15, -0.1) is 0 Å². The summed E-state index contributed by atoms with van der Waals surface area (Å²) in [6.07, 6.45) is -0.918. The Bertz CT molecular complexity index is 710. The van der Waals surface area contributed by atoms with Crippen LogP contribution in [0.25, 0.3) is 0 Å². The van der Waals surface area contributed by atoms with Gasteiger partial charge in [0.05, 0.1) is 12.2 Å². The molecule has 2 aliphatic heterocycles. The van der Waals surface area contributed by atoms with Gasteiger partial charge in [-0.3, -0.25) is 13.9 Å². The van der Waals surface area contributed by atoms with E-state index in [2.05, 4.69) is 5.32 Å². The predicted octanol–water partition coefficient (Wildman–Crippen LogP) is 1.66. The first-order valence-corrected chi connectivity index (χ1v) is 9.43. The fraction of sp³-hybridized carbons (Fsp3) is 0.500. The SMILES string of the molecule is CNC(=O)C1CN(c2cc(F)c(C3CCS(=O)CC3)c(F)c2)C(=O)O1. The van der Waals surface area contributed by atoms with Crippen molar-refractivity contribution < 1.29 is 27.3 Å². The van der Waals surface area contributed by atoms with E-state index in [0.717, 1.165) is 17.0 Å². The molecular formula is C16H18F2N2O4S. The first-order valence-electron chi connectivity index (χ1n) is 7.94. The number of carbonyl (C=O) groups excluding carboxylic acids is 2. The largest absolute Gasteiger partial charge is 0.434 e. The highest BCUT2D eigenvalue weighted by Crippen LogP contribution is 2.34. The van der Waals surface area contributed by atoms with Crippen LogP contribution in [-0.2, 0) is 20.3 Å². The van der Waals surface area contributed by atoms with Crippen molar-refractivity contribution in [2.45, 2.75) is 24.9 Å². The number of nitrogens with zero attached hydrogens (tertiary/aromatic N) is 1. The Balaban J connectivity index is 1.84. The average molecular weight is 372 g/mol. The number of benzene rings is 1. The summed E-state index contributed by atoms with van der Waals surface area (Å²) in [4.78, 5) is 24.5. The number of anilines is 1. The number of likely N-dealkylation sites (N-methyl/N-ethyl adjacent to an activating group) is 1. The van der Waals surface area contributed by atoms with Crippen LogP contribution in [0.1, 0.15) is 24.3 Å². The van der Waals surface area contributed by atoms with E-state index in [1.165, 1.54) is 7.05 Å². The monoisotopic (exact) mass is 372 g/mol. The first-order chi connectivity index (χ1) is 11.9. The van der Waals surface area contributed by atoms with Gasteiger partial charge >= 0.3 is 6.09 Å². The van der Waals surface area contributed by atoms with Gasteiger partial charge in [0, 0.05) is 34.9 Å². The van der Waals surface area contributed by atoms with E-state index in [1.54, 1.807) is 0 Å². The molecular weight excluding hydrogens is 354 g/mol. The topological polar surface area (TPSA) is 75.7 Å². The molecule has 1 aromatic rings. The van der Waals surface area contributed by atoms with Crippen molar-refractivity contribution in [2.75, 3.05) is 30.0 Å². The molecule has 0 bridgehead atoms. The molecule has 1 aromatic carbocycles. The molecule has 6 nitrogen and oxygen atoms in total. The van der Waals surface area contributed by atoms with Gasteiger partial charge in [-0.1, -0.05) is 0 Å². The second-order valence-corrected chi connectivity index (χ2v) is 7.74. The Morgan fingerprint density at radius 1 is 1.28 bits per heavy atom. The number of cyclic esters (lactones) is 1. The normalized spacial score (nSPS) is 26.4. The second kappa shape index (κ2) is 7.07. The van der Waals surface area contributed by atoms with Crippen LogP contribution in [0.15, 0.2) is 12.1 Å². The summed E-state index contributed by atoms with van der Waals surface area (Å²) in [7, 11) is 0.486. The van der Waals surface area contributed by atoms with E-state index in [9.17, 15) is 22.6 Å². The van der Waals surface area contributed by atoms with Crippen molar-refractivity contribution in [1.29, 1.82) is 0 Å². The van der Waals surface area contributed by atoms with E-state index >= 15 is 0 Å². The third-order valence-electron chi connectivity index (χ3n) is 4.52. The van der Waals surface area contributed by atoms with E-state index in [1.807, 2.05) is 0 Å². The van der Waals surface area contributed by atoms with Crippen molar-refractivity contribution in [3.63, 3.8) is 0 Å². The molecule has 2 heterocycles. The highest BCUT2D eigenvalue weighted by molar-refractivity contribution is 7.85. The van der Waals surface area contributed by atoms with Gasteiger partial charge in [-0.25, -0.2) is 13.6 Å². The van der Waals surface area contributed by atoms with Crippen molar-refractivity contribution in [3.8, 4) is 0 Å². The van der Waals surface area contributed by atoms with Gasteiger partial charge in [0.25, 0.3) is 5.91 Å². The number of halogens is 2. The second-order valence-electron chi connectivity index (χ2n) is 6.04. The van der Waals surface area contributed by atoms with Gasteiger partial charge in [-0.05, 0) is 30.9 Å². The average Bonchev–Trinajstić information content (AvgIpc) is 2.97. The molecule has 3 rings (SSSR count). The van der Waals surface area contributed by atoms with Gasteiger partial charge in [0.1, 0.15) is 11.6 Å². The number of nitrogens with one attached hydrogen (secondary N) is 1. The highest BCUT2D eigenvalue weighted by Gasteiger charge is 2.37. The Morgan fingerprint density at radius 2 is 1.88 bits per heavy atom. The predicted molar refractivity (Wildman–Crippen MR) is 87.9 cm³/mol. The van der Waals surface area contributed by atoms with Crippen LogP contribution in [-0.4, -0.2) is 47.4 Å². The van der Waals surface area contributed by atoms with E-state index in [-0.39, 0.29) is 23.7 Å². The molecule has 2 fully saturated rings. The van der Waals surface area contributed by atoms with Gasteiger partial charge in [0.15, 0.2) is 6.10 Å². The minimum Gasteiger partial charge on any atom is -0.434 e. The molecule has 0 spiro atoms. The van der Waals surface area contributed by atoms with Crippen LogP contribution >= 0.6 is 0 Å². The van der Waals surface area contributed by atoms with Gasteiger partial charge in [0.2, 0.25) is 0 Å². The number of hydrogen-bond donors (Lipinski definition) is 1. The zero-order valence-corrected chi connectivity index (χ0v) is 14.4. The molecule has 0 aromatic heterocycles. The number of carbonyl (C=O) groups is 2. The van der Waals surface area contributed by atoms with Crippen molar-refractivity contribution in [3.05, 3.63) is 29.3 Å². The van der Waals surface area contributed by atoms with Gasteiger partial charge < -0.3 is 10.1 Å². The standard InChI is InChI=1S/C16H18F2N2O4S/c1-19-15(21)13-8-20(16(22)24-13)10-6-11(17)14(12(18)7-10)9-2-4-25(23)5-3-9/h6-7,9,13H,2-5,8H2,1H3,(H,19,21). The zero-order chi connectivity index (χ0) is 18.1. The molecule has 0 radical (unpaired) electrons. The number of hydrogen-bond acceptors (Lipinski definition) is 4. The number of amides is 2. The zero-order valence-electron chi connectivity index (χ0n) is 13.6. The molecule has 9 heteroatoms. The van der Waals surface area contributed by atoms with Crippen molar-refractivity contribution >= 4 is 28.5 Å². The van der Waals surface area contributed by atoms with Crippen LogP contribution in [0, 0.1) is 11.6 Å². The summed E-state index contributed by atoms with van der Waals surface area (Å²) in [6.45, 7) is -0.112. The number of ether oxygens (including phenoxy) is 1. The Morgan fingerprint density at radius 3 is 2.44 bits per heavy atom. The summed E-state index contributed by atoms with van der Waals surface area (Å²) >= 11 is 0. The lowest BCUT2D eigenvalue weighted by atomic mass is 9.92.